The van der Waals surface area contributed by atoms with Crippen LogP contribution in [0.3, 0.4) is 0 Å². The fraction of sp³-hybridized carbons (Fsp3) is 0.875. The summed E-state index contributed by atoms with van der Waals surface area (Å²) in [5, 5.41) is 48.1. The van der Waals surface area contributed by atoms with Gasteiger partial charge in [-0.15, -0.1) is 0 Å². The zero-order chi connectivity index (χ0) is 17.2. The number of rotatable bonds is 5. The lowest BCUT2D eigenvalue weighted by atomic mass is 9.79. The van der Waals surface area contributed by atoms with Gasteiger partial charge in [0.05, 0.1) is 18.8 Å². The third kappa shape index (κ3) is 4.11. The highest BCUT2D eigenvalue weighted by Crippen LogP contribution is 2.36. The van der Waals surface area contributed by atoms with Gasteiger partial charge in [0, 0.05) is 0 Å². The summed E-state index contributed by atoms with van der Waals surface area (Å²) >= 11 is 0. The van der Waals surface area contributed by atoms with E-state index in [1.54, 1.807) is 0 Å². The standard InChI is InChI=1S/C16H28O7/c1-16(2,10-5-3-9(7-17)4-6-10)23-15-14(21)13(20)12(19)11(8-18)22-15/h3,10-15,17-21H,4-8H2,1-2H3/t10-,11+,12+,13-,14+,15-/m0/s1. The molecule has 1 fully saturated rings. The molecule has 0 unspecified atom stereocenters. The molecule has 0 bridgehead atoms. The molecule has 1 aliphatic heterocycles. The number of aliphatic hydroxyl groups excluding tert-OH is 5. The lowest BCUT2D eigenvalue weighted by Gasteiger charge is -2.45. The van der Waals surface area contributed by atoms with Crippen LogP contribution < -0.4 is 0 Å². The van der Waals surface area contributed by atoms with E-state index < -0.39 is 42.9 Å². The molecular weight excluding hydrogens is 304 g/mol. The molecule has 1 heterocycles. The van der Waals surface area contributed by atoms with Gasteiger partial charge in [0.25, 0.3) is 0 Å². The first-order valence-corrected chi connectivity index (χ1v) is 8.07. The Hall–Kier alpha value is -0.540. The number of hydrogen-bond donors (Lipinski definition) is 5. The van der Waals surface area contributed by atoms with Crippen LogP contribution in [0, 0.1) is 5.92 Å². The van der Waals surface area contributed by atoms with Crippen LogP contribution in [-0.2, 0) is 9.47 Å². The van der Waals surface area contributed by atoms with Crippen LogP contribution in [0.4, 0.5) is 0 Å². The van der Waals surface area contributed by atoms with Crippen LogP contribution >= 0.6 is 0 Å². The number of allylic oxidation sites excluding steroid dienone is 1. The Morgan fingerprint density at radius 2 is 1.87 bits per heavy atom. The van der Waals surface area contributed by atoms with Crippen molar-refractivity contribution in [1.29, 1.82) is 0 Å². The van der Waals surface area contributed by atoms with Gasteiger partial charge in [0.15, 0.2) is 6.29 Å². The maximum absolute atomic E-state index is 10.1. The smallest absolute Gasteiger partial charge is 0.187 e. The molecule has 0 saturated carbocycles. The topological polar surface area (TPSA) is 120 Å². The summed E-state index contributed by atoms with van der Waals surface area (Å²) in [5.41, 5.74) is 0.385. The van der Waals surface area contributed by atoms with Crippen molar-refractivity contribution in [3.8, 4) is 0 Å². The van der Waals surface area contributed by atoms with Gasteiger partial charge in [-0.1, -0.05) is 6.08 Å². The molecule has 7 heteroatoms. The molecule has 2 aliphatic rings. The highest BCUT2D eigenvalue weighted by atomic mass is 16.7. The van der Waals surface area contributed by atoms with E-state index in [0.717, 1.165) is 24.8 Å². The summed E-state index contributed by atoms with van der Waals surface area (Å²) in [6, 6.07) is 0. The number of ether oxygens (including phenoxy) is 2. The predicted molar refractivity (Wildman–Crippen MR) is 81.4 cm³/mol. The minimum absolute atomic E-state index is 0.0702. The zero-order valence-electron chi connectivity index (χ0n) is 13.6. The average Bonchev–Trinajstić information content (AvgIpc) is 2.55. The zero-order valence-corrected chi connectivity index (χ0v) is 13.6. The highest BCUT2D eigenvalue weighted by molar-refractivity contribution is 5.08. The van der Waals surface area contributed by atoms with Crippen molar-refractivity contribution in [2.45, 2.75) is 69.4 Å². The Bertz CT molecular complexity index is 421. The molecule has 23 heavy (non-hydrogen) atoms. The van der Waals surface area contributed by atoms with E-state index in [9.17, 15) is 20.4 Å². The van der Waals surface area contributed by atoms with Crippen molar-refractivity contribution in [2.75, 3.05) is 13.2 Å². The SMILES string of the molecule is CC(C)(O[C@@H]1O[C@H](CO)[C@@H](O)[C@H](O)[C@H]1O)[C@H]1CC=C(CO)CC1. The van der Waals surface area contributed by atoms with Gasteiger partial charge in [-0.2, -0.15) is 0 Å². The quantitative estimate of drug-likeness (QED) is 0.422. The van der Waals surface area contributed by atoms with Crippen molar-refractivity contribution < 1.29 is 35.0 Å². The predicted octanol–water partition coefficient (Wildman–Crippen LogP) is -0.700. The minimum atomic E-state index is -1.44. The van der Waals surface area contributed by atoms with E-state index in [1.165, 1.54) is 0 Å². The van der Waals surface area contributed by atoms with Gasteiger partial charge in [0.2, 0.25) is 0 Å². The summed E-state index contributed by atoms with van der Waals surface area (Å²) in [6.45, 7) is 3.37. The summed E-state index contributed by atoms with van der Waals surface area (Å²) in [7, 11) is 0. The van der Waals surface area contributed by atoms with Crippen LogP contribution in [-0.4, -0.2) is 75.1 Å². The molecule has 0 aromatic carbocycles. The van der Waals surface area contributed by atoms with E-state index in [1.807, 2.05) is 19.9 Å². The molecule has 2 rings (SSSR count). The van der Waals surface area contributed by atoms with Crippen molar-refractivity contribution in [1.82, 2.24) is 0 Å². The van der Waals surface area contributed by atoms with E-state index in [0.29, 0.717) is 0 Å². The molecular formula is C16H28O7. The second kappa shape index (κ2) is 7.57. The lowest BCUT2D eigenvalue weighted by molar-refractivity contribution is -0.328. The monoisotopic (exact) mass is 332 g/mol. The summed E-state index contributed by atoms with van der Waals surface area (Å²) in [6.07, 6.45) is -1.91. The third-order valence-corrected chi connectivity index (χ3v) is 4.96. The van der Waals surface area contributed by atoms with Gasteiger partial charge < -0.3 is 35.0 Å². The molecule has 1 aliphatic carbocycles. The summed E-state index contributed by atoms with van der Waals surface area (Å²) in [5.74, 6) is 0.171. The van der Waals surface area contributed by atoms with E-state index in [-0.39, 0.29) is 12.5 Å². The molecule has 1 saturated heterocycles. The first-order valence-electron chi connectivity index (χ1n) is 8.07. The van der Waals surface area contributed by atoms with Gasteiger partial charge in [-0.25, -0.2) is 0 Å². The fourth-order valence-corrected chi connectivity index (χ4v) is 3.22. The highest BCUT2D eigenvalue weighted by Gasteiger charge is 2.46. The first kappa shape index (κ1) is 18.8. The third-order valence-electron chi connectivity index (χ3n) is 4.96. The van der Waals surface area contributed by atoms with Crippen molar-refractivity contribution in [3.05, 3.63) is 11.6 Å². The summed E-state index contributed by atoms with van der Waals surface area (Å²) in [4.78, 5) is 0. The van der Waals surface area contributed by atoms with Gasteiger partial charge >= 0.3 is 0 Å². The molecule has 0 radical (unpaired) electrons. The first-order chi connectivity index (χ1) is 10.8. The van der Waals surface area contributed by atoms with E-state index >= 15 is 0 Å². The molecule has 0 aromatic rings. The van der Waals surface area contributed by atoms with Crippen LogP contribution in [0.5, 0.6) is 0 Å². The molecule has 0 amide bonds. The molecule has 134 valence electrons. The van der Waals surface area contributed by atoms with E-state index in [2.05, 4.69) is 0 Å². The Labute approximate surface area is 136 Å². The Morgan fingerprint density at radius 3 is 2.39 bits per heavy atom. The van der Waals surface area contributed by atoms with Gasteiger partial charge in [-0.3, -0.25) is 0 Å². The normalized spacial score (nSPS) is 39.2. The molecule has 7 nitrogen and oxygen atoms in total. The van der Waals surface area contributed by atoms with Crippen LogP contribution in [0.25, 0.3) is 0 Å². The van der Waals surface area contributed by atoms with Crippen LogP contribution in [0.1, 0.15) is 33.1 Å². The second-order valence-corrected chi connectivity index (χ2v) is 6.91. The maximum atomic E-state index is 10.1. The van der Waals surface area contributed by atoms with Crippen molar-refractivity contribution in [3.63, 3.8) is 0 Å². The molecule has 6 atom stereocenters. The molecule has 0 aromatic heterocycles. The molecule has 0 spiro atoms. The number of aliphatic hydroxyl groups is 5. The van der Waals surface area contributed by atoms with Crippen LogP contribution in [0.2, 0.25) is 0 Å². The van der Waals surface area contributed by atoms with Gasteiger partial charge in [-0.05, 0) is 44.6 Å². The average molecular weight is 332 g/mol. The van der Waals surface area contributed by atoms with Crippen LogP contribution in [0.15, 0.2) is 11.6 Å². The van der Waals surface area contributed by atoms with Crippen molar-refractivity contribution in [2.24, 2.45) is 5.92 Å². The molecule has 5 N–H and O–H groups in total. The van der Waals surface area contributed by atoms with Gasteiger partial charge in [0.1, 0.15) is 24.4 Å². The minimum Gasteiger partial charge on any atom is -0.394 e. The lowest BCUT2D eigenvalue weighted by Crippen LogP contribution is -2.60. The van der Waals surface area contributed by atoms with Crippen molar-refractivity contribution >= 4 is 0 Å². The largest absolute Gasteiger partial charge is 0.394 e. The van der Waals surface area contributed by atoms with E-state index in [4.69, 9.17) is 14.6 Å². The fourth-order valence-electron chi connectivity index (χ4n) is 3.22. The number of hydrogen-bond acceptors (Lipinski definition) is 7. The Kier molecular flexibility index (Phi) is 6.18. The Balaban J connectivity index is 2.03. The second-order valence-electron chi connectivity index (χ2n) is 6.91. The summed E-state index contributed by atoms with van der Waals surface area (Å²) < 4.78 is 11.3. The Morgan fingerprint density at radius 1 is 1.17 bits per heavy atom. The maximum Gasteiger partial charge on any atom is 0.187 e.